The molecule has 0 aromatic carbocycles. The van der Waals surface area contributed by atoms with Crippen molar-refractivity contribution in [2.24, 2.45) is 5.73 Å². The zero-order valence-electron chi connectivity index (χ0n) is 9.93. The van der Waals surface area contributed by atoms with Gasteiger partial charge in [0.1, 0.15) is 5.82 Å². The molecule has 0 unspecified atom stereocenters. The first-order chi connectivity index (χ1) is 8.45. The van der Waals surface area contributed by atoms with E-state index in [1.807, 2.05) is 0 Å². The molecule has 3 nitrogen and oxygen atoms in total. The van der Waals surface area contributed by atoms with Gasteiger partial charge in [-0.05, 0) is 25.0 Å². The molecule has 1 aliphatic carbocycles. The molecule has 2 rings (SSSR count). The number of halogens is 3. The second-order valence-electron chi connectivity index (χ2n) is 4.74. The monoisotopic (exact) mass is 259 g/mol. The van der Waals surface area contributed by atoms with Crippen molar-refractivity contribution < 1.29 is 13.2 Å². The minimum absolute atomic E-state index is 0.247. The molecule has 6 heteroatoms. The van der Waals surface area contributed by atoms with Gasteiger partial charge in [0, 0.05) is 12.7 Å². The Labute approximate surface area is 104 Å². The van der Waals surface area contributed by atoms with E-state index in [0.29, 0.717) is 6.54 Å². The van der Waals surface area contributed by atoms with Crippen LogP contribution < -0.4 is 11.1 Å². The van der Waals surface area contributed by atoms with Crippen LogP contribution >= 0.6 is 0 Å². The maximum absolute atomic E-state index is 12.6. The number of anilines is 1. The molecule has 0 aliphatic heterocycles. The Morgan fingerprint density at radius 2 is 2.00 bits per heavy atom. The second kappa shape index (κ2) is 4.76. The van der Waals surface area contributed by atoms with Crippen molar-refractivity contribution in [1.29, 1.82) is 0 Å². The smallest absolute Gasteiger partial charge is 0.363 e. The molecule has 0 atom stereocenters. The van der Waals surface area contributed by atoms with Crippen molar-refractivity contribution in [2.45, 2.75) is 37.4 Å². The number of alkyl halides is 3. The van der Waals surface area contributed by atoms with Crippen molar-refractivity contribution in [3.8, 4) is 0 Å². The highest BCUT2D eigenvalue weighted by Gasteiger charge is 2.34. The summed E-state index contributed by atoms with van der Waals surface area (Å²) in [7, 11) is 0. The molecule has 1 aliphatic rings. The standard InChI is InChI=1S/C12H16F3N3/c13-12(14,15)9-3-6-17-10(7-9)18-11(8-16)4-1-2-5-11/h3,6-7H,1-2,4-5,8,16H2,(H,17,18). The number of hydrogen-bond donors (Lipinski definition) is 2. The molecule has 0 radical (unpaired) electrons. The van der Waals surface area contributed by atoms with Crippen LogP contribution in [0.15, 0.2) is 18.3 Å². The Morgan fingerprint density at radius 1 is 1.33 bits per heavy atom. The van der Waals surface area contributed by atoms with E-state index < -0.39 is 11.7 Å². The molecule has 0 saturated heterocycles. The molecular formula is C12H16F3N3. The lowest BCUT2D eigenvalue weighted by atomic mass is 9.98. The van der Waals surface area contributed by atoms with Gasteiger partial charge in [-0.1, -0.05) is 12.8 Å². The summed E-state index contributed by atoms with van der Waals surface area (Å²) in [6.07, 6.45) is 0.671. The number of aromatic nitrogens is 1. The van der Waals surface area contributed by atoms with Gasteiger partial charge in [-0.15, -0.1) is 0 Å². The Morgan fingerprint density at radius 3 is 2.56 bits per heavy atom. The average molecular weight is 259 g/mol. The predicted octanol–water partition coefficient (Wildman–Crippen LogP) is 2.78. The number of nitrogens with one attached hydrogen (secondary N) is 1. The van der Waals surface area contributed by atoms with Crippen LogP contribution in [0.4, 0.5) is 19.0 Å². The summed E-state index contributed by atoms with van der Waals surface area (Å²) in [5.74, 6) is 0.247. The van der Waals surface area contributed by atoms with Gasteiger partial charge in [0.25, 0.3) is 0 Å². The maximum Gasteiger partial charge on any atom is 0.416 e. The molecule has 1 saturated carbocycles. The first-order valence-electron chi connectivity index (χ1n) is 5.97. The number of nitrogens with two attached hydrogens (primary N) is 1. The molecule has 3 N–H and O–H groups in total. The highest BCUT2D eigenvalue weighted by molar-refractivity contribution is 5.41. The fourth-order valence-corrected chi connectivity index (χ4v) is 2.38. The molecule has 1 fully saturated rings. The third kappa shape index (κ3) is 2.75. The Hall–Kier alpha value is -1.30. The molecule has 0 bridgehead atoms. The molecule has 1 heterocycles. The van der Waals surface area contributed by atoms with Gasteiger partial charge in [-0.3, -0.25) is 0 Å². The zero-order valence-corrected chi connectivity index (χ0v) is 9.93. The van der Waals surface area contributed by atoms with Crippen LogP contribution in [0.25, 0.3) is 0 Å². The lowest BCUT2D eigenvalue weighted by molar-refractivity contribution is -0.137. The topological polar surface area (TPSA) is 50.9 Å². The van der Waals surface area contributed by atoms with E-state index in [9.17, 15) is 13.2 Å². The summed E-state index contributed by atoms with van der Waals surface area (Å²) in [5, 5.41) is 3.08. The largest absolute Gasteiger partial charge is 0.416 e. The minimum atomic E-state index is -4.34. The Balaban J connectivity index is 2.19. The van der Waals surface area contributed by atoms with Gasteiger partial charge in [-0.2, -0.15) is 13.2 Å². The third-order valence-electron chi connectivity index (χ3n) is 3.43. The summed E-state index contributed by atoms with van der Waals surface area (Å²) in [6.45, 7) is 0.408. The van der Waals surface area contributed by atoms with Gasteiger partial charge in [0.05, 0.1) is 11.1 Å². The van der Waals surface area contributed by atoms with E-state index in [1.54, 1.807) is 0 Å². The van der Waals surface area contributed by atoms with Crippen LogP contribution in [0.5, 0.6) is 0 Å². The highest BCUT2D eigenvalue weighted by Crippen LogP contribution is 2.34. The SMILES string of the molecule is NCC1(Nc2cc(C(F)(F)F)ccn2)CCCC1. The lowest BCUT2D eigenvalue weighted by Gasteiger charge is -2.29. The summed E-state index contributed by atoms with van der Waals surface area (Å²) in [5.41, 5.74) is 4.74. The van der Waals surface area contributed by atoms with Crippen molar-refractivity contribution in [3.05, 3.63) is 23.9 Å². The fraction of sp³-hybridized carbons (Fsp3) is 0.583. The molecule has 18 heavy (non-hydrogen) atoms. The van der Waals surface area contributed by atoms with Crippen LogP contribution in [-0.4, -0.2) is 17.1 Å². The first-order valence-corrected chi connectivity index (χ1v) is 5.97. The van der Waals surface area contributed by atoms with E-state index in [4.69, 9.17) is 5.73 Å². The quantitative estimate of drug-likeness (QED) is 0.877. The minimum Gasteiger partial charge on any atom is -0.363 e. The van der Waals surface area contributed by atoms with Gasteiger partial charge in [-0.25, -0.2) is 4.98 Å². The fourth-order valence-electron chi connectivity index (χ4n) is 2.38. The van der Waals surface area contributed by atoms with Crippen molar-refractivity contribution in [3.63, 3.8) is 0 Å². The highest BCUT2D eigenvalue weighted by atomic mass is 19.4. The van der Waals surface area contributed by atoms with Gasteiger partial charge < -0.3 is 11.1 Å². The van der Waals surface area contributed by atoms with Crippen LogP contribution in [0, 0.1) is 0 Å². The number of rotatable bonds is 3. The van der Waals surface area contributed by atoms with E-state index in [0.717, 1.165) is 37.8 Å². The second-order valence-corrected chi connectivity index (χ2v) is 4.74. The van der Waals surface area contributed by atoms with Crippen LogP contribution in [0.3, 0.4) is 0 Å². The summed E-state index contributed by atoms with van der Waals surface area (Å²) < 4.78 is 37.7. The van der Waals surface area contributed by atoms with Crippen LogP contribution in [0.2, 0.25) is 0 Å². The summed E-state index contributed by atoms with van der Waals surface area (Å²) >= 11 is 0. The number of pyridine rings is 1. The number of hydrogen-bond acceptors (Lipinski definition) is 3. The molecule has 1 aromatic rings. The Bertz CT molecular complexity index is 411. The first kappa shape index (κ1) is 13.1. The van der Waals surface area contributed by atoms with Gasteiger partial charge in [0.15, 0.2) is 0 Å². The molecule has 100 valence electrons. The van der Waals surface area contributed by atoms with E-state index >= 15 is 0 Å². The Kier molecular flexibility index (Phi) is 3.47. The van der Waals surface area contributed by atoms with Crippen LogP contribution in [0.1, 0.15) is 31.2 Å². The summed E-state index contributed by atoms with van der Waals surface area (Å²) in [6, 6.07) is 2.00. The zero-order chi connectivity index (χ0) is 13.2. The van der Waals surface area contributed by atoms with E-state index in [1.165, 1.54) is 6.20 Å². The van der Waals surface area contributed by atoms with Crippen molar-refractivity contribution in [1.82, 2.24) is 4.98 Å². The molecular weight excluding hydrogens is 243 g/mol. The molecule has 0 amide bonds. The lowest BCUT2D eigenvalue weighted by Crippen LogP contribution is -2.43. The molecule has 0 spiro atoms. The maximum atomic E-state index is 12.6. The van der Waals surface area contributed by atoms with Crippen molar-refractivity contribution in [2.75, 3.05) is 11.9 Å². The van der Waals surface area contributed by atoms with Crippen molar-refractivity contribution >= 4 is 5.82 Å². The van der Waals surface area contributed by atoms with Gasteiger partial charge >= 0.3 is 6.18 Å². The van der Waals surface area contributed by atoms with E-state index in [2.05, 4.69) is 10.3 Å². The average Bonchev–Trinajstić information content (AvgIpc) is 2.77. The number of nitrogens with zero attached hydrogens (tertiary/aromatic N) is 1. The summed E-state index contributed by atoms with van der Waals surface area (Å²) in [4.78, 5) is 3.94. The predicted molar refractivity (Wildman–Crippen MR) is 63.1 cm³/mol. The van der Waals surface area contributed by atoms with Crippen LogP contribution in [-0.2, 0) is 6.18 Å². The normalized spacial score (nSPS) is 18.9. The van der Waals surface area contributed by atoms with E-state index in [-0.39, 0.29) is 11.4 Å². The third-order valence-corrected chi connectivity index (χ3v) is 3.43. The van der Waals surface area contributed by atoms with Gasteiger partial charge in [0.2, 0.25) is 0 Å². The molecule has 1 aromatic heterocycles.